The maximum absolute atomic E-state index is 10.6. The van der Waals surface area contributed by atoms with Gasteiger partial charge in [-0.1, -0.05) is 6.07 Å². The number of benzene rings is 1. The van der Waals surface area contributed by atoms with Crippen molar-refractivity contribution in [2.75, 3.05) is 0 Å². The van der Waals surface area contributed by atoms with Crippen LogP contribution in [0, 0.1) is 0 Å². The lowest BCUT2D eigenvalue weighted by molar-refractivity contribution is -0.144. The van der Waals surface area contributed by atoms with Crippen LogP contribution in [-0.4, -0.2) is 28.3 Å². The minimum absolute atomic E-state index is 0.0603. The van der Waals surface area contributed by atoms with Crippen molar-refractivity contribution >= 4 is 11.9 Å². The van der Waals surface area contributed by atoms with E-state index >= 15 is 0 Å². The Hall–Kier alpha value is -2.04. The van der Waals surface area contributed by atoms with E-state index in [1.807, 2.05) is 0 Å². The first kappa shape index (κ1) is 11.0. The van der Waals surface area contributed by atoms with Gasteiger partial charge in [-0.25, -0.2) is 9.59 Å². The van der Waals surface area contributed by atoms with Crippen LogP contribution >= 0.6 is 0 Å². The Morgan fingerprint density at radius 1 is 1.33 bits per heavy atom. The zero-order valence-electron chi connectivity index (χ0n) is 8.01. The van der Waals surface area contributed by atoms with Crippen molar-refractivity contribution in [2.45, 2.75) is 13.0 Å². The molecule has 0 spiro atoms. The summed E-state index contributed by atoms with van der Waals surface area (Å²) < 4.78 is 5.00. The number of ether oxygens (including phenoxy) is 1. The zero-order valence-corrected chi connectivity index (χ0v) is 8.01. The van der Waals surface area contributed by atoms with E-state index in [-0.39, 0.29) is 11.3 Å². The van der Waals surface area contributed by atoms with Crippen molar-refractivity contribution in [2.24, 2.45) is 0 Å². The largest absolute Gasteiger partial charge is 0.479 e. The molecule has 15 heavy (non-hydrogen) atoms. The number of aliphatic carboxylic acids is 1. The minimum atomic E-state index is -1.10. The number of carboxylic acid groups (broad SMARTS) is 2. The van der Waals surface area contributed by atoms with Crippen molar-refractivity contribution in [3.8, 4) is 5.75 Å². The van der Waals surface area contributed by atoms with Crippen molar-refractivity contribution in [3.63, 3.8) is 0 Å². The highest BCUT2D eigenvalue weighted by atomic mass is 16.5. The Morgan fingerprint density at radius 3 is 2.53 bits per heavy atom. The highest BCUT2D eigenvalue weighted by Crippen LogP contribution is 2.14. The second-order valence-corrected chi connectivity index (χ2v) is 2.93. The molecule has 0 saturated carbocycles. The van der Waals surface area contributed by atoms with Crippen LogP contribution in [0.1, 0.15) is 17.3 Å². The topological polar surface area (TPSA) is 83.8 Å². The van der Waals surface area contributed by atoms with Crippen LogP contribution in [-0.2, 0) is 4.79 Å². The van der Waals surface area contributed by atoms with E-state index in [2.05, 4.69) is 0 Å². The summed E-state index contributed by atoms with van der Waals surface area (Å²) in [5, 5.41) is 17.3. The van der Waals surface area contributed by atoms with Crippen molar-refractivity contribution < 1.29 is 24.5 Å². The molecule has 2 N–H and O–H groups in total. The molecule has 0 amide bonds. The molecule has 0 bridgehead atoms. The average molecular weight is 210 g/mol. The maximum atomic E-state index is 10.6. The molecule has 0 saturated heterocycles. The Balaban J connectivity index is 2.82. The summed E-state index contributed by atoms with van der Waals surface area (Å²) in [7, 11) is 0. The van der Waals surface area contributed by atoms with Crippen molar-refractivity contribution in [1.82, 2.24) is 0 Å². The van der Waals surface area contributed by atoms with E-state index in [1.165, 1.54) is 31.2 Å². The summed E-state index contributed by atoms with van der Waals surface area (Å²) in [5.41, 5.74) is 0.0603. The van der Waals surface area contributed by atoms with Gasteiger partial charge < -0.3 is 14.9 Å². The SMILES string of the molecule is C[C@@H](Oc1cccc(C(=O)O)c1)C(=O)O. The van der Waals surface area contributed by atoms with Crippen LogP contribution in [0.4, 0.5) is 0 Å². The zero-order chi connectivity index (χ0) is 11.4. The molecule has 0 radical (unpaired) electrons. The maximum Gasteiger partial charge on any atom is 0.344 e. The first-order valence-corrected chi connectivity index (χ1v) is 4.23. The third-order valence-corrected chi connectivity index (χ3v) is 1.74. The quantitative estimate of drug-likeness (QED) is 0.780. The van der Waals surface area contributed by atoms with Gasteiger partial charge in [0.1, 0.15) is 5.75 Å². The summed E-state index contributed by atoms with van der Waals surface area (Å²) in [6.07, 6.45) is -1.01. The fraction of sp³-hybridized carbons (Fsp3) is 0.200. The van der Waals surface area contributed by atoms with Crippen LogP contribution in [0.25, 0.3) is 0 Å². The number of carbonyl (C=O) groups is 2. The molecule has 80 valence electrons. The molecule has 1 aromatic carbocycles. The van der Waals surface area contributed by atoms with E-state index in [0.717, 1.165) is 0 Å². The standard InChI is InChI=1S/C10H10O5/c1-6(9(11)12)15-8-4-2-3-7(5-8)10(13)14/h2-6H,1H3,(H,11,12)(H,13,14)/t6-/m1/s1. The van der Waals surface area contributed by atoms with E-state index < -0.39 is 18.0 Å². The second kappa shape index (κ2) is 4.45. The number of rotatable bonds is 4. The van der Waals surface area contributed by atoms with Gasteiger partial charge in [-0.2, -0.15) is 0 Å². The van der Waals surface area contributed by atoms with Gasteiger partial charge in [0, 0.05) is 0 Å². The van der Waals surface area contributed by atoms with E-state index in [9.17, 15) is 9.59 Å². The third kappa shape index (κ3) is 2.98. The van der Waals surface area contributed by atoms with E-state index in [0.29, 0.717) is 0 Å². The van der Waals surface area contributed by atoms with Gasteiger partial charge >= 0.3 is 11.9 Å². The lowest BCUT2D eigenvalue weighted by Gasteiger charge is -2.10. The molecule has 0 aromatic heterocycles. The van der Waals surface area contributed by atoms with Crippen molar-refractivity contribution in [3.05, 3.63) is 29.8 Å². The molecule has 1 atom stereocenters. The number of aromatic carboxylic acids is 1. The van der Waals surface area contributed by atoms with E-state index in [4.69, 9.17) is 14.9 Å². The van der Waals surface area contributed by atoms with Gasteiger partial charge in [0.15, 0.2) is 6.10 Å². The molecule has 5 heteroatoms. The fourth-order valence-corrected chi connectivity index (χ4v) is 0.957. The summed E-state index contributed by atoms with van der Waals surface area (Å²) in [4.78, 5) is 21.1. The van der Waals surface area contributed by atoms with Crippen LogP contribution in [0.15, 0.2) is 24.3 Å². The predicted octanol–water partition coefficient (Wildman–Crippen LogP) is 1.24. The second-order valence-electron chi connectivity index (χ2n) is 2.93. The molecule has 0 unspecified atom stereocenters. The van der Waals surface area contributed by atoms with Gasteiger partial charge in [-0.15, -0.1) is 0 Å². The number of hydrogen-bond acceptors (Lipinski definition) is 3. The summed E-state index contributed by atoms with van der Waals surface area (Å²) in [5.74, 6) is -1.95. The molecule has 0 heterocycles. The van der Waals surface area contributed by atoms with Crippen LogP contribution in [0.5, 0.6) is 5.75 Å². The average Bonchev–Trinajstić information content (AvgIpc) is 2.18. The van der Waals surface area contributed by atoms with Gasteiger partial charge in [-0.3, -0.25) is 0 Å². The lowest BCUT2D eigenvalue weighted by atomic mass is 10.2. The van der Waals surface area contributed by atoms with Gasteiger partial charge in [0.25, 0.3) is 0 Å². The van der Waals surface area contributed by atoms with Crippen LogP contribution in [0.3, 0.4) is 0 Å². The Labute approximate surface area is 85.9 Å². The Kier molecular flexibility index (Phi) is 3.28. The third-order valence-electron chi connectivity index (χ3n) is 1.74. The Morgan fingerprint density at radius 2 is 2.00 bits per heavy atom. The summed E-state index contributed by atoms with van der Waals surface area (Å²) in [6.45, 7) is 1.37. The van der Waals surface area contributed by atoms with Gasteiger partial charge in [0.05, 0.1) is 5.56 Å². The lowest BCUT2D eigenvalue weighted by Crippen LogP contribution is -2.22. The van der Waals surface area contributed by atoms with Crippen molar-refractivity contribution in [1.29, 1.82) is 0 Å². The van der Waals surface area contributed by atoms with Gasteiger partial charge in [-0.05, 0) is 25.1 Å². The number of hydrogen-bond donors (Lipinski definition) is 2. The summed E-state index contributed by atoms with van der Waals surface area (Å²) in [6, 6.07) is 5.68. The first-order chi connectivity index (χ1) is 7.00. The molecule has 5 nitrogen and oxygen atoms in total. The molecule has 0 aliphatic carbocycles. The fourth-order valence-electron chi connectivity index (χ4n) is 0.957. The molecular weight excluding hydrogens is 200 g/mol. The predicted molar refractivity (Wildman–Crippen MR) is 51.1 cm³/mol. The first-order valence-electron chi connectivity index (χ1n) is 4.23. The van der Waals surface area contributed by atoms with E-state index in [1.54, 1.807) is 0 Å². The number of carboxylic acids is 2. The smallest absolute Gasteiger partial charge is 0.344 e. The van der Waals surface area contributed by atoms with Crippen LogP contribution in [0.2, 0.25) is 0 Å². The highest BCUT2D eigenvalue weighted by molar-refractivity contribution is 5.88. The molecule has 0 aliphatic rings. The molecule has 1 rings (SSSR count). The summed E-state index contributed by atoms with van der Waals surface area (Å²) >= 11 is 0. The van der Waals surface area contributed by atoms with Crippen LogP contribution < -0.4 is 4.74 Å². The van der Waals surface area contributed by atoms with Gasteiger partial charge in [0.2, 0.25) is 0 Å². The monoisotopic (exact) mass is 210 g/mol. The minimum Gasteiger partial charge on any atom is -0.479 e. The molecule has 1 aromatic rings. The Bertz CT molecular complexity index is 385. The molecule has 0 aliphatic heterocycles. The highest BCUT2D eigenvalue weighted by Gasteiger charge is 2.13. The molecular formula is C10H10O5. The normalized spacial score (nSPS) is 11.8. The molecule has 0 fully saturated rings.